The number of aromatic hydroxyl groups is 1. The van der Waals surface area contributed by atoms with Crippen molar-refractivity contribution in [3.05, 3.63) is 94.6 Å². The molecular weight excluding hydrogens is 556 g/mol. The summed E-state index contributed by atoms with van der Waals surface area (Å²) in [5.74, 6) is -0.219. The van der Waals surface area contributed by atoms with Crippen LogP contribution in [-0.4, -0.2) is 60.0 Å². The van der Waals surface area contributed by atoms with Crippen LogP contribution < -0.4 is 10.6 Å². The summed E-state index contributed by atoms with van der Waals surface area (Å²) in [5, 5.41) is 29.7. The molecule has 1 heterocycles. The van der Waals surface area contributed by atoms with E-state index in [0.29, 0.717) is 12.3 Å². The molecule has 0 radical (unpaired) electrons. The highest BCUT2D eigenvalue weighted by atomic mass is 19.1. The van der Waals surface area contributed by atoms with E-state index < -0.39 is 6.10 Å². The van der Waals surface area contributed by atoms with E-state index in [2.05, 4.69) is 57.1 Å². The van der Waals surface area contributed by atoms with Crippen molar-refractivity contribution >= 4 is 5.69 Å². The Labute approximate surface area is 262 Å². The number of phenols is 1. The summed E-state index contributed by atoms with van der Waals surface area (Å²) < 4.78 is 27.5. The van der Waals surface area contributed by atoms with Gasteiger partial charge < -0.3 is 20.8 Å². The molecular formula is C37H51F2N3O2. The predicted molar refractivity (Wildman–Crippen MR) is 177 cm³/mol. The molecule has 0 bridgehead atoms. The van der Waals surface area contributed by atoms with Gasteiger partial charge in [-0.05, 0) is 71.2 Å². The number of hydrogen-bond donors (Lipinski definition) is 4. The van der Waals surface area contributed by atoms with Gasteiger partial charge in [-0.1, -0.05) is 72.2 Å². The SMILES string of the molecule is CC(C)(C)c1cc(NCC(O)C(CCCC(c2ccc(F)cc2)c2ccc(F)cc2)N2CCNCC2)cc(C(C)(C)C)c1O. The zero-order valence-electron chi connectivity index (χ0n) is 27.3. The first kappa shape index (κ1) is 33.9. The molecule has 3 aromatic rings. The normalized spacial score (nSPS) is 16.2. The molecule has 1 saturated heterocycles. The number of hydrogen-bond acceptors (Lipinski definition) is 5. The molecule has 0 spiro atoms. The maximum absolute atomic E-state index is 13.7. The van der Waals surface area contributed by atoms with Gasteiger partial charge >= 0.3 is 0 Å². The highest BCUT2D eigenvalue weighted by molar-refractivity contribution is 5.59. The number of aliphatic hydroxyl groups excluding tert-OH is 1. The minimum atomic E-state index is -0.617. The van der Waals surface area contributed by atoms with E-state index in [1.807, 2.05) is 36.4 Å². The average Bonchev–Trinajstić information content (AvgIpc) is 2.97. The Morgan fingerprint density at radius 1 is 0.795 bits per heavy atom. The number of benzene rings is 3. The summed E-state index contributed by atoms with van der Waals surface area (Å²) >= 11 is 0. The fourth-order valence-corrected chi connectivity index (χ4v) is 6.32. The summed E-state index contributed by atoms with van der Waals surface area (Å²) in [4.78, 5) is 2.38. The Morgan fingerprint density at radius 3 is 1.73 bits per heavy atom. The summed E-state index contributed by atoms with van der Waals surface area (Å²) in [6.07, 6.45) is 1.81. The lowest BCUT2D eigenvalue weighted by Gasteiger charge is -2.38. The Hall–Kier alpha value is -3.00. The number of nitrogens with one attached hydrogen (secondary N) is 2. The Bertz CT molecular complexity index is 1260. The van der Waals surface area contributed by atoms with E-state index in [0.717, 1.165) is 73.4 Å². The molecule has 1 fully saturated rings. The lowest BCUT2D eigenvalue weighted by molar-refractivity contribution is 0.0433. The van der Waals surface area contributed by atoms with Gasteiger partial charge in [0.15, 0.2) is 0 Å². The fraction of sp³-hybridized carbons (Fsp3) is 0.514. The smallest absolute Gasteiger partial charge is 0.123 e. The fourth-order valence-electron chi connectivity index (χ4n) is 6.32. The highest BCUT2D eigenvalue weighted by Crippen LogP contribution is 2.41. The van der Waals surface area contributed by atoms with E-state index in [1.165, 1.54) is 24.3 Å². The third kappa shape index (κ3) is 8.80. The predicted octanol–water partition coefficient (Wildman–Crippen LogP) is 7.31. The van der Waals surface area contributed by atoms with Gasteiger partial charge in [-0.15, -0.1) is 0 Å². The maximum Gasteiger partial charge on any atom is 0.123 e. The molecule has 4 N–H and O–H groups in total. The summed E-state index contributed by atoms with van der Waals surface area (Å²) in [7, 11) is 0. The van der Waals surface area contributed by atoms with Crippen LogP contribution >= 0.6 is 0 Å². The van der Waals surface area contributed by atoms with Crippen LogP contribution in [0.25, 0.3) is 0 Å². The molecule has 1 aliphatic rings. The van der Waals surface area contributed by atoms with Crippen molar-refractivity contribution in [2.24, 2.45) is 0 Å². The molecule has 0 aromatic heterocycles. The van der Waals surface area contributed by atoms with Gasteiger partial charge in [0, 0.05) is 61.5 Å². The van der Waals surface area contributed by atoms with Crippen molar-refractivity contribution in [3.63, 3.8) is 0 Å². The maximum atomic E-state index is 13.7. The molecule has 3 aromatic carbocycles. The minimum Gasteiger partial charge on any atom is -0.507 e. The van der Waals surface area contributed by atoms with Crippen molar-refractivity contribution in [2.45, 2.75) is 89.7 Å². The van der Waals surface area contributed by atoms with Gasteiger partial charge in [0.05, 0.1) is 6.10 Å². The van der Waals surface area contributed by atoms with Crippen LogP contribution in [0.4, 0.5) is 14.5 Å². The largest absolute Gasteiger partial charge is 0.507 e. The zero-order valence-corrected chi connectivity index (χ0v) is 27.3. The van der Waals surface area contributed by atoms with Gasteiger partial charge in [0.2, 0.25) is 0 Å². The molecule has 7 heteroatoms. The first-order valence-electron chi connectivity index (χ1n) is 16.0. The van der Waals surface area contributed by atoms with E-state index in [9.17, 15) is 19.0 Å². The molecule has 44 heavy (non-hydrogen) atoms. The average molecular weight is 608 g/mol. The van der Waals surface area contributed by atoms with E-state index in [1.54, 1.807) is 0 Å². The van der Waals surface area contributed by atoms with Crippen molar-refractivity contribution in [3.8, 4) is 5.75 Å². The number of anilines is 1. The van der Waals surface area contributed by atoms with Crippen LogP contribution in [0.1, 0.15) is 89.0 Å². The number of rotatable bonds is 11. The molecule has 240 valence electrons. The van der Waals surface area contributed by atoms with Crippen molar-refractivity contribution in [1.29, 1.82) is 0 Å². The van der Waals surface area contributed by atoms with Crippen molar-refractivity contribution in [1.82, 2.24) is 10.2 Å². The third-order valence-corrected chi connectivity index (χ3v) is 8.84. The van der Waals surface area contributed by atoms with Crippen molar-refractivity contribution in [2.75, 3.05) is 38.0 Å². The zero-order chi connectivity index (χ0) is 32.1. The van der Waals surface area contributed by atoms with Crippen LogP contribution in [0, 0.1) is 11.6 Å². The monoisotopic (exact) mass is 607 g/mol. The first-order valence-corrected chi connectivity index (χ1v) is 16.0. The Kier molecular flexibility index (Phi) is 11.1. The second kappa shape index (κ2) is 14.4. The number of aliphatic hydroxyl groups is 1. The van der Waals surface area contributed by atoms with E-state index in [4.69, 9.17) is 0 Å². The topological polar surface area (TPSA) is 67.8 Å². The van der Waals surface area contributed by atoms with Gasteiger partial charge in [-0.2, -0.15) is 0 Å². The quantitative estimate of drug-likeness (QED) is 0.172. The molecule has 2 atom stereocenters. The van der Waals surface area contributed by atoms with Crippen LogP contribution in [0.5, 0.6) is 5.75 Å². The van der Waals surface area contributed by atoms with Gasteiger partial charge in [0.25, 0.3) is 0 Å². The third-order valence-electron chi connectivity index (χ3n) is 8.84. The standard InChI is InChI=1S/C37H51F2N3O2/c1-36(2,3)31-22-29(23-32(35(31)44)37(4,5)6)41-24-34(43)33(42-20-18-40-19-21-42)9-7-8-30(25-10-14-27(38)15-11-25)26-12-16-28(39)17-13-26/h10-17,22-23,30,33-34,40-41,43-44H,7-9,18-21,24H2,1-6H3. The second-order valence-electron chi connectivity index (χ2n) is 14.3. The molecule has 0 saturated carbocycles. The minimum absolute atomic E-state index is 0.00113. The van der Waals surface area contributed by atoms with Crippen LogP contribution in [0.15, 0.2) is 60.7 Å². The molecule has 1 aliphatic heterocycles. The molecule has 5 nitrogen and oxygen atoms in total. The Balaban J connectivity index is 1.51. The number of phenolic OH excluding ortho intramolecular Hbond substituents is 1. The highest BCUT2D eigenvalue weighted by Gasteiger charge is 2.29. The summed E-state index contributed by atoms with van der Waals surface area (Å²) in [5.41, 5.74) is 4.17. The van der Waals surface area contributed by atoms with Gasteiger partial charge in [-0.3, -0.25) is 4.90 Å². The lowest BCUT2D eigenvalue weighted by Crippen LogP contribution is -2.53. The van der Waals surface area contributed by atoms with E-state index in [-0.39, 0.29) is 34.4 Å². The van der Waals surface area contributed by atoms with Crippen LogP contribution in [0.3, 0.4) is 0 Å². The summed E-state index contributed by atoms with van der Waals surface area (Å²) in [6.45, 7) is 16.4. The molecule has 0 aliphatic carbocycles. The van der Waals surface area contributed by atoms with Crippen molar-refractivity contribution < 1.29 is 19.0 Å². The van der Waals surface area contributed by atoms with Crippen LogP contribution in [-0.2, 0) is 10.8 Å². The number of halogens is 2. The molecule has 2 unspecified atom stereocenters. The Morgan fingerprint density at radius 2 is 1.27 bits per heavy atom. The molecule has 0 amide bonds. The lowest BCUT2D eigenvalue weighted by atomic mass is 9.79. The van der Waals surface area contributed by atoms with Gasteiger partial charge in [0.1, 0.15) is 17.4 Å². The summed E-state index contributed by atoms with van der Waals surface area (Å²) in [6, 6.07) is 17.1. The second-order valence-corrected chi connectivity index (χ2v) is 14.3. The first-order chi connectivity index (χ1) is 20.7. The number of piperazine rings is 1. The number of nitrogens with zero attached hydrogens (tertiary/aromatic N) is 1. The van der Waals surface area contributed by atoms with Crippen LogP contribution in [0.2, 0.25) is 0 Å². The van der Waals surface area contributed by atoms with E-state index >= 15 is 0 Å². The molecule has 4 rings (SSSR count). The van der Waals surface area contributed by atoms with Gasteiger partial charge in [-0.25, -0.2) is 8.78 Å².